The molecule has 2 aromatic carbocycles. The highest BCUT2D eigenvalue weighted by atomic mass is 35.5. The molecule has 1 aliphatic heterocycles. The number of allylic oxidation sites excluding steroid dienone is 1. The van der Waals surface area contributed by atoms with E-state index in [1.54, 1.807) is 45.9 Å². The molecule has 0 unspecified atom stereocenters. The van der Waals surface area contributed by atoms with Crippen LogP contribution in [0.25, 0.3) is 5.57 Å². The number of amides is 2. The Morgan fingerprint density at radius 3 is 2.41 bits per heavy atom. The lowest BCUT2D eigenvalue weighted by Crippen LogP contribution is -2.25. The van der Waals surface area contributed by atoms with Gasteiger partial charge in [0.1, 0.15) is 5.76 Å². The summed E-state index contributed by atoms with van der Waals surface area (Å²) < 4.78 is 5.49. The molecular formula is C23H22Cl2N2O5. The molecule has 7 nitrogen and oxygen atoms in total. The number of hydrogen-bond donors (Lipinski definition) is 2. The number of hydroxylamine groups is 1. The van der Waals surface area contributed by atoms with Gasteiger partial charge in [-0.3, -0.25) is 19.6 Å². The summed E-state index contributed by atoms with van der Waals surface area (Å²) in [6, 6.07) is 9.08. The molecule has 32 heavy (non-hydrogen) atoms. The van der Waals surface area contributed by atoms with E-state index in [4.69, 9.17) is 27.9 Å². The number of esters is 1. The van der Waals surface area contributed by atoms with Crippen molar-refractivity contribution >= 4 is 57.9 Å². The molecule has 0 atom stereocenters. The summed E-state index contributed by atoms with van der Waals surface area (Å²) in [5, 5.41) is 14.1. The molecule has 2 aromatic rings. The Bertz CT molecular complexity index is 1150. The Kier molecular flexibility index (Phi) is 6.64. The largest absolute Gasteiger partial charge is 0.430 e. The number of nitrogens with zero attached hydrogens (tertiary/aromatic N) is 1. The Hall–Kier alpha value is -2.87. The number of halogens is 2. The molecule has 0 aliphatic carbocycles. The van der Waals surface area contributed by atoms with Crippen molar-refractivity contribution in [2.75, 3.05) is 10.4 Å². The standard InChI is InChI=1S/C23H22Cl2N2O5/c1-5-18(32-22(30)23(2,3)4)19-15-9-7-13(11-17(15)27(31)21(19)29)26-20(28)14-8-6-12(24)10-16(14)25/h6-11,31H,5H2,1-4H3,(H,26,28)/b19-18-. The minimum atomic E-state index is -0.762. The van der Waals surface area contributed by atoms with E-state index in [1.807, 2.05) is 0 Å². The summed E-state index contributed by atoms with van der Waals surface area (Å²) in [7, 11) is 0. The van der Waals surface area contributed by atoms with E-state index < -0.39 is 23.2 Å². The smallest absolute Gasteiger partial charge is 0.316 e. The molecule has 0 spiro atoms. The van der Waals surface area contributed by atoms with Crippen LogP contribution in [-0.2, 0) is 14.3 Å². The van der Waals surface area contributed by atoms with Crippen LogP contribution in [0.4, 0.5) is 11.4 Å². The lowest BCUT2D eigenvalue weighted by atomic mass is 9.97. The fourth-order valence-corrected chi connectivity index (χ4v) is 3.53. The quantitative estimate of drug-likeness (QED) is 0.255. The highest BCUT2D eigenvalue weighted by molar-refractivity contribution is 6.37. The molecule has 0 bridgehead atoms. The minimum Gasteiger partial charge on any atom is -0.430 e. The van der Waals surface area contributed by atoms with Gasteiger partial charge in [-0.1, -0.05) is 30.1 Å². The second-order valence-electron chi connectivity index (χ2n) is 8.22. The minimum absolute atomic E-state index is 0.0984. The van der Waals surface area contributed by atoms with Gasteiger partial charge in [0.2, 0.25) is 0 Å². The zero-order chi connectivity index (χ0) is 23.8. The van der Waals surface area contributed by atoms with E-state index in [2.05, 4.69) is 5.32 Å². The van der Waals surface area contributed by atoms with Gasteiger partial charge in [-0.25, -0.2) is 0 Å². The van der Waals surface area contributed by atoms with Crippen LogP contribution in [0.3, 0.4) is 0 Å². The molecule has 1 heterocycles. The summed E-state index contributed by atoms with van der Waals surface area (Å²) in [6.07, 6.45) is 0.268. The summed E-state index contributed by atoms with van der Waals surface area (Å²) in [5.74, 6) is -1.53. The van der Waals surface area contributed by atoms with E-state index in [1.165, 1.54) is 18.2 Å². The monoisotopic (exact) mass is 476 g/mol. The second-order valence-corrected chi connectivity index (χ2v) is 9.06. The SMILES string of the molecule is CC/C(OC(=O)C(C)(C)C)=C1/C(=O)N(O)c2cc(NC(=O)c3ccc(Cl)cc3Cl)ccc21. The van der Waals surface area contributed by atoms with Crippen LogP contribution >= 0.6 is 23.2 Å². The number of anilines is 2. The molecule has 2 N–H and O–H groups in total. The fourth-order valence-electron chi connectivity index (χ4n) is 3.03. The Labute approximate surface area is 195 Å². The molecule has 0 saturated heterocycles. The molecule has 9 heteroatoms. The average Bonchev–Trinajstić information content (AvgIpc) is 2.95. The van der Waals surface area contributed by atoms with Crippen LogP contribution in [0.1, 0.15) is 50.0 Å². The first kappa shape index (κ1) is 23.8. The van der Waals surface area contributed by atoms with E-state index in [9.17, 15) is 19.6 Å². The van der Waals surface area contributed by atoms with E-state index in [-0.39, 0.29) is 34.0 Å². The van der Waals surface area contributed by atoms with E-state index in [0.717, 1.165) is 0 Å². The highest BCUT2D eigenvalue weighted by Crippen LogP contribution is 2.40. The summed E-state index contributed by atoms with van der Waals surface area (Å²) in [5.41, 5.74) is 0.429. The fraction of sp³-hybridized carbons (Fsp3) is 0.261. The van der Waals surface area contributed by atoms with Crippen molar-refractivity contribution in [3.8, 4) is 0 Å². The molecule has 3 rings (SSSR count). The first-order chi connectivity index (χ1) is 14.9. The lowest BCUT2D eigenvalue weighted by molar-refractivity contribution is -0.148. The van der Waals surface area contributed by atoms with Gasteiger partial charge in [-0.2, -0.15) is 5.06 Å². The average molecular weight is 477 g/mol. The van der Waals surface area contributed by atoms with E-state index in [0.29, 0.717) is 21.3 Å². The van der Waals surface area contributed by atoms with Crippen molar-refractivity contribution < 1.29 is 24.3 Å². The zero-order valence-corrected chi connectivity index (χ0v) is 19.5. The topological polar surface area (TPSA) is 95.9 Å². The predicted octanol–water partition coefficient (Wildman–Crippen LogP) is 5.69. The van der Waals surface area contributed by atoms with Crippen LogP contribution in [0.2, 0.25) is 10.0 Å². The van der Waals surface area contributed by atoms with Crippen molar-refractivity contribution in [3.05, 3.63) is 63.3 Å². The van der Waals surface area contributed by atoms with Crippen molar-refractivity contribution in [1.82, 2.24) is 0 Å². The maximum atomic E-state index is 12.7. The van der Waals surface area contributed by atoms with Crippen LogP contribution in [0.5, 0.6) is 0 Å². The Balaban J connectivity index is 1.95. The van der Waals surface area contributed by atoms with Crippen LogP contribution in [0.15, 0.2) is 42.2 Å². The zero-order valence-electron chi connectivity index (χ0n) is 18.0. The first-order valence-corrected chi connectivity index (χ1v) is 10.6. The van der Waals surface area contributed by atoms with Crippen LogP contribution < -0.4 is 10.4 Å². The molecule has 0 aromatic heterocycles. The van der Waals surface area contributed by atoms with Gasteiger partial charge >= 0.3 is 5.97 Å². The maximum Gasteiger partial charge on any atom is 0.316 e. The molecule has 1 aliphatic rings. The van der Waals surface area contributed by atoms with Crippen molar-refractivity contribution in [2.24, 2.45) is 5.41 Å². The van der Waals surface area contributed by atoms with Gasteiger partial charge in [-0.05, 0) is 57.2 Å². The van der Waals surface area contributed by atoms with Crippen LogP contribution in [0, 0.1) is 5.41 Å². The summed E-state index contributed by atoms with van der Waals surface area (Å²) >= 11 is 12.0. The van der Waals surface area contributed by atoms with Gasteiger partial charge in [0.25, 0.3) is 11.8 Å². The highest BCUT2D eigenvalue weighted by Gasteiger charge is 2.36. The van der Waals surface area contributed by atoms with Gasteiger partial charge in [0.15, 0.2) is 0 Å². The van der Waals surface area contributed by atoms with Gasteiger partial charge in [-0.15, -0.1) is 0 Å². The van der Waals surface area contributed by atoms with Gasteiger partial charge in [0.05, 0.1) is 27.3 Å². The maximum absolute atomic E-state index is 12.7. The number of carbonyl (C=O) groups excluding carboxylic acids is 3. The number of hydrogen-bond acceptors (Lipinski definition) is 5. The third kappa shape index (κ3) is 4.65. The number of ether oxygens (including phenoxy) is 1. The predicted molar refractivity (Wildman–Crippen MR) is 123 cm³/mol. The van der Waals surface area contributed by atoms with Crippen LogP contribution in [-0.4, -0.2) is 23.0 Å². The van der Waals surface area contributed by atoms with Crippen molar-refractivity contribution in [3.63, 3.8) is 0 Å². The molecular weight excluding hydrogens is 455 g/mol. The van der Waals surface area contributed by atoms with Gasteiger partial charge in [0, 0.05) is 22.7 Å². The number of fused-ring (bicyclic) bond motifs is 1. The number of carbonyl (C=O) groups is 3. The van der Waals surface area contributed by atoms with Crippen molar-refractivity contribution in [2.45, 2.75) is 34.1 Å². The first-order valence-electron chi connectivity index (χ1n) is 9.83. The number of nitrogens with one attached hydrogen (secondary N) is 1. The molecule has 0 saturated carbocycles. The third-order valence-electron chi connectivity index (χ3n) is 4.76. The second kappa shape index (κ2) is 8.94. The number of benzene rings is 2. The Morgan fingerprint density at radius 1 is 1.12 bits per heavy atom. The number of rotatable bonds is 4. The third-order valence-corrected chi connectivity index (χ3v) is 5.31. The van der Waals surface area contributed by atoms with E-state index >= 15 is 0 Å². The Morgan fingerprint density at radius 2 is 1.81 bits per heavy atom. The normalized spacial score (nSPS) is 14.8. The lowest BCUT2D eigenvalue weighted by Gasteiger charge is -2.18. The molecule has 168 valence electrons. The van der Waals surface area contributed by atoms with Crippen molar-refractivity contribution in [1.29, 1.82) is 0 Å². The summed E-state index contributed by atoms with van der Waals surface area (Å²) in [4.78, 5) is 37.7. The molecule has 0 radical (unpaired) electrons. The molecule has 0 fully saturated rings. The summed E-state index contributed by atoms with van der Waals surface area (Å²) in [6.45, 7) is 6.86. The van der Waals surface area contributed by atoms with Gasteiger partial charge < -0.3 is 10.1 Å². The molecule has 2 amide bonds.